The van der Waals surface area contributed by atoms with E-state index in [0.29, 0.717) is 31.8 Å². The maximum atomic E-state index is 13.3. The second kappa shape index (κ2) is 10.5. The first-order valence-electron chi connectivity index (χ1n) is 11.7. The zero-order chi connectivity index (χ0) is 24.2. The van der Waals surface area contributed by atoms with Gasteiger partial charge < -0.3 is 10.0 Å². The first-order valence-corrected chi connectivity index (χ1v) is 12.1. The Morgan fingerprint density at radius 2 is 1.44 bits per heavy atom. The zero-order valence-electron chi connectivity index (χ0n) is 18.9. The fraction of sp³-hybridized carbons (Fsp3) is 0.357. The van der Waals surface area contributed by atoms with Crippen LogP contribution >= 0.6 is 11.6 Å². The van der Waals surface area contributed by atoms with Crippen molar-refractivity contribution in [3.05, 3.63) is 106 Å². The number of piperidine rings is 1. The van der Waals surface area contributed by atoms with Crippen LogP contribution in [0.15, 0.2) is 78.9 Å². The van der Waals surface area contributed by atoms with Crippen molar-refractivity contribution in [1.82, 2.24) is 4.90 Å². The number of alkyl halides is 3. The standard InChI is InChI=1S/C28H29ClF3NO/c29-26-14-13-23(20-25(26)28(30,31)32)27(34)15-18-33(19-16-27)17-7-12-24(21-8-3-1-4-9-21)22-10-5-2-6-11-22/h1-6,8-11,13-14,20,24,34H,7,12,15-19H2. The van der Waals surface area contributed by atoms with Gasteiger partial charge in [-0.15, -0.1) is 0 Å². The van der Waals surface area contributed by atoms with Gasteiger partial charge in [0, 0.05) is 19.0 Å². The number of rotatable bonds is 7. The summed E-state index contributed by atoms with van der Waals surface area (Å²) in [6.45, 7) is 2.17. The van der Waals surface area contributed by atoms with Crippen LogP contribution in [0.5, 0.6) is 0 Å². The van der Waals surface area contributed by atoms with E-state index in [2.05, 4.69) is 53.4 Å². The van der Waals surface area contributed by atoms with Crippen LogP contribution in [0.2, 0.25) is 5.02 Å². The van der Waals surface area contributed by atoms with Crippen molar-refractivity contribution < 1.29 is 18.3 Å². The molecule has 4 rings (SSSR count). The van der Waals surface area contributed by atoms with Crippen LogP contribution < -0.4 is 0 Å². The fourth-order valence-electron chi connectivity index (χ4n) is 4.88. The molecule has 1 fully saturated rings. The fourth-order valence-corrected chi connectivity index (χ4v) is 5.11. The van der Waals surface area contributed by atoms with Crippen LogP contribution in [0.1, 0.15) is 53.9 Å². The molecule has 6 heteroatoms. The molecule has 0 aromatic heterocycles. The van der Waals surface area contributed by atoms with Crippen molar-refractivity contribution in [3.8, 4) is 0 Å². The van der Waals surface area contributed by atoms with Gasteiger partial charge in [-0.3, -0.25) is 0 Å². The molecule has 0 aliphatic carbocycles. The molecule has 0 spiro atoms. The Kier molecular flexibility index (Phi) is 7.66. The summed E-state index contributed by atoms with van der Waals surface area (Å²) in [7, 11) is 0. The number of hydrogen-bond acceptors (Lipinski definition) is 2. The summed E-state index contributed by atoms with van der Waals surface area (Å²) in [5, 5.41) is 10.8. The molecule has 1 saturated heterocycles. The molecular formula is C28H29ClF3NO. The molecule has 0 amide bonds. The molecule has 34 heavy (non-hydrogen) atoms. The summed E-state index contributed by atoms with van der Waals surface area (Å²) < 4.78 is 39.8. The molecule has 0 radical (unpaired) electrons. The molecule has 1 aliphatic heterocycles. The molecular weight excluding hydrogens is 459 g/mol. The Balaban J connectivity index is 1.36. The van der Waals surface area contributed by atoms with E-state index in [1.165, 1.54) is 23.3 Å². The minimum atomic E-state index is -4.54. The third-order valence-corrected chi connectivity index (χ3v) is 7.19. The van der Waals surface area contributed by atoms with Crippen LogP contribution in [0.25, 0.3) is 0 Å². The van der Waals surface area contributed by atoms with Gasteiger partial charge in [0.05, 0.1) is 16.2 Å². The van der Waals surface area contributed by atoms with E-state index in [9.17, 15) is 18.3 Å². The Hall–Kier alpha value is -2.34. The van der Waals surface area contributed by atoms with Crippen molar-refractivity contribution in [1.29, 1.82) is 0 Å². The van der Waals surface area contributed by atoms with Gasteiger partial charge in [0.25, 0.3) is 0 Å². The lowest BCUT2D eigenvalue weighted by Gasteiger charge is -2.39. The van der Waals surface area contributed by atoms with Crippen molar-refractivity contribution in [3.63, 3.8) is 0 Å². The first kappa shape index (κ1) is 24.8. The lowest BCUT2D eigenvalue weighted by Crippen LogP contribution is -2.43. The smallest absolute Gasteiger partial charge is 0.385 e. The Morgan fingerprint density at radius 1 is 0.882 bits per heavy atom. The summed E-state index contributed by atoms with van der Waals surface area (Å²) in [5.74, 6) is 0.318. The van der Waals surface area contributed by atoms with Crippen molar-refractivity contribution >= 4 is 11.6 Å². The molecule has 180 valence electrons. The van der Waals surface area contributed by atoms with Crippen LogP contribution in [0.4, 0.5) is 13.2 Å². The Labute approximate surface area is 204 Å². The molecule has 3 aromatic rings. The highest BCUT2D eigenvalue weighted by Gasteiger charge is 2.38. The van der Waals surface area contributed by atoms with Crippen molar-refractivity contribution in [2.24, 2.45) is 0 Å². The maximum absolute atomic E-state index is 13.3. The second-order valence-electron chi connectivity index (χ2n) is 9.08. The monoisotopic (exact) mass is 487 g/mol. The summed E-state index contributed by atoms with van der Waals surface area (Å²) in [6.07, 6.45) is -1.76. The molecule has 1 heterocycles. The van der Waals surface area contributed by atoms with E-state index < -0.39 is 17.3 Å². The van der Waals surface area contributed by atoms with Crippen LogP contribution in [0, 0.1) is 0 Å². The molecule has 2 nitrogen and oxygen atoms in total. The molecule has 0 atom stereocenters. The SMILES string of the molecule is OC1(c2ccc(Cl)c(C(F)(F)F)c2)CCN(CCCC(c2ccccc2)c2ccccc2)CC1. The third-order valence-electron chi connectivity index (χ3n) is 6.86. The molecule has 0 unspecified atom stereocenters. The van der Waals surface area contributed by atoms with E-state index in [0.717, 1.165) is 25.5 Å². The number of aliphatic hydroxyl groups is 1. The van der Waals surface area contributed by atoms with Crippen molar-refractivity contribution in [2.75, 3.05) is 19.6 Å². The van der Waals surface area contributed by atoms with Gasteiger partial charge in [-0.2, -0.15) is 13.2 Å². The summed E-state index contributed by atoms with van der Waals surface area (Å²) in [6, 6.07) is 24.7. The highest BCUT2D eigenvalue weighted by molar-refractivity contribution is 6.31. The third kappa shape index (κ3) is 5.83. The maximum Gasteiger partial charge on any atom is 0.417 e. The summed E-state index contributed by atoms with van der Waals surface area (Å²) in [5.41, 5.74) is 0.722. The van der Waals surface area contributed by atoms with Crippen molar-refractivity contribution in [2.45, 2.75) is 43.4 Å². The predicted molar refractivity (Wildman–Crippen MR) is 130 cm³/mol. The molecule has 0 saturated carbocycles. The molecule has 1 N–H and O–H groups in total. The van der Waals surface area contributed by atoms with Gasteiger partial charge in [0.2, 0.25) is 0 Å². The normalized spacial score (nSPS) is 16.6. The largest absolute Gasteiger partial charge is 0.417 e. The van der Waals surface area contributed by atoms with E-state index in [-0.39, 0.29) is 10.6 Å². The van der Waals surface area contributed by atoms with Gasteiger partial charge in [-0.05, 0) is 61.1 Å². The summed E-state index contributed by atoms with van der Waals surface area (Å²) >= 11 is 5.75. The highest BCUT2D eigenvalue weighted by Crippen LogP contribution is 2.40. The van der Waals surface area contributed by atoms with Gasteiger partial charge in [0.15, 0.2) is 0 Å². The Bertz CT molecular complexity index is 1020. The molecule has 0 bridgehead atoms. The van der Waals surface area contributed by atoms with E-state index in [4.69, 9.17) is 11.6 Å². The highest BCUT2D eigenvalue weighted by atomic mass is 35.5. The van der Waals surface area contributed by atoms with Crippen LogP contribution in [-0.2, 0) is 11.8 Å². The lowest BCUT2D eigenvalue weighted by molar-refractivity contribution is -0.137. The number of hydrogen-bond donors (Lipinski definition) is 1. The van der Waals surface area contributed by atoms with E-state index >= 15 is 0 Å². The van der Waals surface area contributed by atoms with Crippen LogP contribution in [0.3, 0.4) is 0 Å². The summed E-state index contributed by atoms with van der Waals surface area (Å²) in [4.78, 5) is 2.29. The molecule has 1 aliphatic rings. The van der Waals surface area contributed by atoms with Gasteiger partial charge in [-0.1, -0.05) is 78.3 Å². The topological polar surface area (TPSA) is 23.5 Å². The lowest BCUT2D eigenvalue weighted by atomic mass is 9.83. The average Bonchev–Trinajstić information content (AvgIpc) is 2.83. The quantitative estimate of drug-likeness (QED) is 0.379. The number of benzene rings is 3. The van der Waals surface area contributed by atoms with Gasteiger partial charge in [0.1, 0.15) is 0 Å². The number of nitrogens with zero attached hydrogens (tertiary/aromatic N) is 1. The number of halogens is 4. The average molecular weight is 488 g/mol. The minimum Gasteiger partial charge on any atom is -0.385 e. The van der Waals surface area contributed by atoms with E-state index in [1.807, 2.05) is 12.1 Å². The Morgan fingerprint density at radius 3 is 1.97 bits per heavy atom. The number of likely N-dealkylation sites (tertiary alicyclic amines) is 1. The second-order valence-corrected chi connectivity index (χ2v) is 9.49. The van der Waals surface area contributed by atoms with Crippen LogP contribution in [-0.4, -0.2) is 29.6 Å². The van der Waals surface area contributed by atoms with Gasteiger partial charge in [-0.25, -0.2) is 0 Å². The van der Waals surface area contributed by atoms with Gasteiger partial charge >= 0.3 is 6.18 Å². The first-order chi connectivity index (χ1) is 16.3. The molecule has 3 aromatic carbocycles. The zero-order valence-corrected chi connectivity index (χ0v) is 19.7. The predicted octanol–water partition coefficient (Wildman–Crippen LogP) is 7.25. The minimum absolute atomic E-state index is 0.289. The van der Waals surface area contributed by atoms with E-state index in [1.54, 1.807) is 0 Å².